The molecule has 0 aromatic carbocycles. The Kier molecular flexibility index (Phi) is 4.71. The van der Waals surface area contributed by atoms with Crippen LogP contribution in [0, 0.1) is 0 Å². The average molecular weight is 269 g/mol. The fraction of sp³-hybridized carbons (Fsp3) is 1.00. The summed E-state index contributed by atoms with van der Waals surface area (Å²) in [6, 6.07) is 0. The first-order chi connectivity index (χ1) is 5.33. The Labute approximate surface area is 80.2 Å². The first-order valence-corrected chi connectivity index (χ1v) is 7.86. The molecule has 1 aliphatic rings. The van der Waals surface area contributed by atoms with Crippen LogP contribution in [0.25, 0.3) is 0 Å². The van der Waals surface area contributed by atoms with Crippen molar-refractivity contribution < 1.29 is 21.2 Å². The Morgan fingerprint density at radius 1 is 1.18 bits per heavy atom. The third-order valence-electron chi connectivity index (χ3n) is 2.19. The summed E-state index contributed by atoms with van der Waals surface area (Å²) in [5.41, 5.74) is 0. The Morgan fingerprint density at radius 3 is 2.36 bits per heavy atom. The van der Waals surface area contributed by atoms with Gasteiger partial charge >= 0.3 is 80.1 Å². The zero-order valence-electron chi connectivity index (χ0n) is 7.52. The minimum atomic E-state index is 0.514. The van der Waals surface area contributed by atoms with Crippen molar-refractivity contribution in [1.29, 1.82) is 0 Å². The van der Waals surface area contributed by atoms with Crippen LogP contribution in [0.5, 0.6) is 0 Å². The molecule has 0 aromatic heterocycles. The van der Waals surface area contributed by atoms with E-state index in [2.05, 4.69) is 21.8 Å². The summed E-state index contributed by atoms with van der Waals surface area (Å²) in [7, 11) is 2.21. The van der Waals surface area contributed by atoms with E-state index in [9.17, 15) is 0 Å². The summed E-state index contributed by atoms with van der Waals surface area (Å²) < 4.78 is 1.47. The number of rotatable bonds is 3. The standard InChI is InChI=1S/C8H18IN2/c1-9-3-4-11-7-5-10(2)6-8-11/h3-8H2,1-2H3/q-1. The number of likely N-dealkylation sites (N-methyl/N-ethyl adjacent to an activating group) is 1. The molecule has 3 heteroatoms. The maximum atomic E-state index is 2.60. The minimum absolute atomic E-state index is 0.514. The van der Waals surface area contributed by atoms with E-state index in [0.29, 0.717) is 21.2 Å². The molecular weight excluding hydrogens is 251 g/mol. The van der Waals surface area contributed by atoms with Gasteiger partial charge in [0.2, 0.25) is 0 Å². The molecule has 1 aliphatic heterocycles. The average Bonchev–Trinajstić information content (AvgIpc) is 2.04. The molecule has 0 saturated carbocycles. The number of alkyl halides is 2. The van der Waals surface area contributed by atoms with Gasteiger partial charge < -0.3 is 0 Å². The monoisotopic (exact) mass is 269 g/mol. The third-order valence-corrected chi connectivity index (χ3v) is 3.75. The number of piperazine rings is 1. The number of halogens is 1. The van der Waals surface area contributed by atoms with E-state index in [4.69, 9.17) is 0 Å². The van der Waals surface area contributed by atoms with Crippen LogP contribution in [0.4, 0.5) is 0 Å². The fourth-order valence-electron chi connectivity index (χ4n) is 1.28. The summed E-state index contributed by atoms with van der Waals surface area (Å²) in [6.45, 7) is 6.47. The molecule has 0 radical (unpaired) electrons. The molecule has 68 valence electrons. The molecular formula is C8H18IN2-. The van der Waals surface area contributed by atoms with E-state index in [-0.39, 0.29) is 0 Å². The molecule has 1 rings (SSSR count). The van der Waals surface area contributed by atoms with E-state index in [1.54, 1.807) is 0 Å². The Balaban J connectivity index is 2.07. The van der Waals surface area contributed by atoms with Crippen molar-refractivity contribution in [2.24, 2.45) is 0 Å². The second-order valence-electron chi connectivity index (χ2n) is 3.10. The molecule has 0 aromatic rings. The SMILES string of the molecule is C[I-]CCN1CCN(C)CC1. The van der Waals surface area contributed by atoms with Crippen molar-refractivity contribution in [1.82, 2.24) is 9.80 Å². The predicted octanol–water partition coefficient (Wildman–Crippen LogP) is -3.05. The van der Waals surface area contributed by atoms with Gasteiger partial charge in [-0.2, -0.15) is 0 Å². The van der Waals surface area contributed by atoms with Crippen molar-refractivity contribution in [2.45, 2.75) is 0 Å². The summed E-state index contributed by atoms with van der Waals surface area (Å²) >= 11 is 0.514. The second kappa shape index (κ2) is 5.32. The van der Waals surface area contributed by atoms with E-state index >= 15 is 0 Å². The summed E-state index contributed by atoms with van der Waals surface area (Å²) in [4.78, 5) is 7.38. The van der Waals surface area contributed by atoms with Gasteiger partial charge in [0, 0.05) is 0 Å². The topological polar surface area (TPSA) is 6.48 Å². The molecule has 0 N–H and O–H groups in total. The maximum absolute atomic E-state index is 2.60. The van der Waals surface area contributed by atoms with Gasteiger partial charge in [0.05, 0.1) is 0 Å². The molecule has 0 aliphatic carbocycles. The molecule has 2 nitrogen and oxygen atoms in total. The van der Waals surface area contributed by atoms with Crippen molar-refractivity contribution in [2.75, 3.05) is 49.1 Å². The quantitative estimate of drug-likeness (QED) is 0.397. The van der Waals surface area contributed by atoms with Crippen molar-refractivity contribution in [3.63, 3.8) is 0 Å². The zero-order valence-corrected chi connectivity index (χ0v) is 9.67. The number of nitrogens with zero attached hydrogens (tertiary/aromatic N) is 2. The molecule has 1 fully saturated rings. The predicted molar refractivity (Wildman–Crippen MR) is 44.7 cm³/mol. The Bertz CT molecular complexity index is 97.5. The van der Waals surface area contributed by atoms with Gasteiger partial charge in [-0.15, -0.1) is 0 Å². The van der Waals surface area contributed by atoms with E-state index in [1.807, 2.05) is 0 Å². The first-order valence-electron chi connectivity index (χ1n) is 4.17. The van der Waals surface area contributed by atoms with Crippen molar-refractivity contribution >= 4 is 0 Å². The first kappa shape index (κ1) is 9.74. The van der Waals surface area contributed by atoms with Crippen LogP contribution in [0.2, 0.25) is 0 Å². The summed E-state index contributed by atoms with van der Waals surface area (Å²) in [6.07, 6.45) is 0. The van der Waals surface area contributed by atoms with Crippen LogP contribution < -0.4 is 21.2 Å². The molecule has 0 amide bonds. The van der Waals surface area contributed by atoms with Crippen LogP contribution in [-0.4, -0.2) is 58.9 Å². The number of hydrogen-bond acceptors (Lipinski definition) is 2. The van der Waals surface area contributed by atoms with E-state index in [0.717, 1.165) is 0 Å². The van der Waals surface area contributed by atoms with Crippen LogP contribution in [0.3, 0.4) is 0 Å². The van der Waals surface area contributed by atoms with Gasteiger partial charge in [-0.05, 0) is 0 Å². The van der Waals surface area contributed by atoms with Gasteiger partial charge in [-0.25, -0.2) is 0 Å². The van der Waals surface area contributed by atoms with Gasteiger partial charge in [-0.1, -0.05) is 0 Å². The van der Waals surface area contributed by atoms with E-state index < -0.39 is 0 Å². The third kappa shape index (κ3) is 3.71. The Morgan fingerprint density at radius 2 is 1.82 bits per heavy atom. The Hall–Kier alpha value is 0.650. The van der Waals surface area contributed by atoms with Crippen molar-refractivity contribution in [3.8, 4) is 0 Å². The van der Waals surface area contributed by atoms with Crippen LogP contribution in [0.15, 0.2) is 0 Å². The van der Waals surface area contributed by atoms with Crippen LogP contribution in [0.1, 0.15) is 0 Å². The molecule has 0 atom stereocenters. The zero-order chi connectivity index (χ0) is 8.10. The molecule has 0 unspecified atom stereocenters. The van der Waals surface area contributed by atoms with Crippen LogP contribution >= 0.6 is 0 Å². The second-order valence-corrected chi connectivity index (χ2v) is 5.71. The van der Waals surface area contributed by atoms with Gasteiger partial charge in [-0.3, -0.25) is 0 Å². The molecule has 0 bridgehead atoms. The van der Waals surface area contributed by atoms with Gasteiger partial charge in [0.15, 0.2) is 0 Å². The molecule has 0 spiro atoms. The van der Waals surface area contributed by atoms with Crippen LogP contribution in [-0.2, 0) is 0 Å². The molecule has 1 saturated heterocycles. The van der Waals surface area contributed by atoms with Crippen molar-refractivity contribution in [3.05, 3.63) is 0 Å². The molecule has 1 heterocycles. The van der Waals surface area contributed by atoms with E-state index in [1.165, 1.54) is 37.2 Å². The fourth-order valence-corrected chi connectivity index (χ4v) is 2.44. The normalized spacial score (nSPS) is 22.7. The van der Waals surface area contributed by atoms with Gasteiger partial charge in [0.1, 0.15) is 0 Å². The summed E-state index contributed by atoms with van der Waals surface area (Å²) in [5.74, 6) is 0. The molecule has 11 heavy (non-hydrogen) atoms. The van der Waals surface area contributed by atoms with Gasteiger partial charge in [0.25, 0.3) is 0 Å². The summed E-state index contributed by atoms with van der Waals surface area (Å²) in [5, 5.41) is 0. The number of hydrogen-bond donors (Lipinski definition) is 0.